The normalized spacial score (nSPS) is 14.7. The van der Waals surface area contributed by atoms with Gasteiger partial charge in [0.2, 0.25) is 5.22 Å². The van der Waals surface area contributed by atoms with Crippen LogP contribution in [0, 0.1) is 0 Å². The molecule has 0 saturated heterocycles. The Morgan fingerprint density at radius 2 is 1.60 bits per heavy atom. The average Bonchev–Trinajstić information content (AvgIpc) is 2.48. The summed E-state index contributed by atoms with van der Waals surface area (Å²) in [6.07, 6.45) is 0.484. The molecule has 1 aromatic carbocycles. The summed E-state index contributed by atoms with van der Waals surface area (Å²) in [5.41, 5.74) is 0.801. The molecule has 0 fully saturated rings. The Hall–Kier alpha value is -1.21. The molecule has 1 rings (SSSR count). The Morgan fingerprint density at radius 1 is 1.10 bits per heavy atom. The molecule has 1 unspecified atom stereocenters. The number of rotatable bonds is 7. The number of hydrogen-bond donors (Lipinski definition) is 0. The zero-order valence-electron chi connectivity index (χ0n) is 12.6. The summed E-state index contributed by atoms with van der Waals surface area (Å²) in [4.78, 5) is 11.6. The van der Waals surface area contributed by atoms with Gasteiger partial charge in [-0.1, -0.05) is 37.3 Å². The molecule has 0 radical (unpaired) electrons. The molecule has 0 aliphatic rings. The Bertz CT molecular complexity index is 424. The number of esters is 1. The Kier molecular flexibility index (Phi) is 5.88. The van der Waals surface area contributed by atoms with E-state index in [-0.39, 0.29) is 0 Å². The van der Waals surface area contributed by atoms with Gasteiger partial charge in [0.15, 0.2) is 0 Å². The van der Waals surface area contributed by atoms with Crippen LogP contribution in [0.2, 0.25) is 0 Å². The highest BCUT2D eigenvalue weighted by Gasteiger charge is 2.63. The maximum absolute atomic E-state index is 11.6. The first-order chi connectivity index (χ1) is 9.51. The first-order valence-electron chi connectivity index (χ1n) is 6.42. The van der Waals surface area contributed by atoms with E-state index in [0.717, 1.165) is 5.56 Å². The molecular weight excluding hydrogens is 276 g/mol. The van der Waals surface area contributed by atoms with Crippen molar-refractivity contribution in [1.29, 1.82) is 0 Å². The SMILES string of the molecule is CCC(OC(C)=O)(c1ccccc1)[Si](OC)(OC)OC. The lowest BCUT2D eigenvalue weighted by Gasteiger charge is -2.42. The molecule has 0 bridgehead atoms. The van der Waals surface area contributed by atoms with E-state index in [0.29, 0.717) is 6.42 Å². The summed E-state index contributed by atoms with van der Waals surface area (Å²) >= 11 is 0. The van der Waals surface area contributed by atoms with Gasteiger partial charge in [-0.25, -0.2) is 0 Å². The van der Waals surface area contributed by atoms with Crippen molar-refractivity contribution in [2.45, 2.75) is 25.5 Å². The smallest absolute Gasteiger partial charge is 0.450 e. The summed E-state index contributed by atoms with van der Waals surface area (Å²) in [7, 11) is 1.29. The first kappa shape index (κ1) is 16.8. The third-order valence-electron chi connectivity index (χ3n) is 3.36. The van der Waals surface area contributed by atoms with Crippen LogP contribution in [-0.4, -0.2) is 36.1 Å². The highest BCUT2D eigenvalue weighted by Crippen LogP contribution is 2.40. The number of carbonyl (C=O) groups is 1. The van der Waals surface area contributed by atoms with Crippen molar-refractivity contribution in [3.8, 4) is 0 Å². The molecule has 1 aromatic rings. The molecule has 1 atom stereocenters. The average molecular weight is 298 g/mol. The minimum atomic E-state index is -3.24. The number of hydrogen-bond acceptors (Lipinski definition) is 5. The minimum absolute atomic E-state index is 0.404. The van der Waals surface area contributed by atoms with Gasteiger partial charge in [-0.2, -0.15) is 0 Å². The van der Waals surface area contributed by atoms with Crippen LogP contribution in [-0.2, 0) is 28.0 Å². The highest BCUT2D eigenvalue weighted by molar-refractivity contribution is 6.63. The molecule has 0 aromatic heterocycles. The second-order valence-electron chi connectivity index (χ2n) is 4.31. The van der Waals surface area contributed by atoms with Gasteiger partial charge >= 0.3 is 14.8 Å². The van der Waals surface area contributed by atoms with Crippen LogP contribution < -0.4 is 0 Å². The fourth-order valence-corrected chi connectivity index (χ4v) is 5.20. The van der Waals surface area contributed by atoms with Gasteiger partial charge in [-0.15, -0.1) is 0 Å². The maximum atomic E-state index is 11.6. The van der Waals surface area contributed by atoms with Crippen molar-refractivity contribution in [1.82, 2.24) is 0 Å². The molecule has 0 N–H and O–H groups in total. The Labute approximate surface area is 121 Å². The molecule has 0 aliphatic heterocycles. The van der Waals surface area contributed by atoms with E-state index in [4.69, 9.17) is 18.0 Å². The van der Waals surface area contributed by atoms with Gasteiger partial charge in [0.1, 0.15) is 0 Å². The predicted molar refractivity (Wildman–Crippen MR) is 77.0 cm³/mol. The van der Waals surface area contributed by atoms with Crippen molar-refractivity contribution in [2.24, 2.45) is 0 Å². The van der Waals surface area contributed by atoms with E-state index >= 15 is 0 Å². The molecule has 0 aliphatic carbocycles. The maximum Gasteiger partial charge on any atom is 0.551 e. The Morgan fingerprint density at radius 3 is 1.95 bits per heavy atom. The third-order valence-corrected chi connectivity index (χ3v) is 6.70. The zero-order valence-corrected chi connectivity index (χ0v) is 13.6. The van der Waals surface area contributed by atoms with Crippen LogP contribution in [0.25, 0.3) is 0 Å². The molecule has 6 heteroatoms. The van der Waals surface area contributed by atoms with E-state index in [1.807, 2.05) is 37.3 Å². The molecule has 5 nitrogen and oxygen atoms in total. The molecule has 0 saturated carbocycles. The zero-order chi connectivity index (χ0) is 15.2. The van der Waals surface area contributed by atoms with Gasteiger partial charge in [0, 0.05) is 28.3 Å². The van der Waals surface area contributed by atoms with E-state index in [9.17, 15) is 4.79 Å². The van der Waals surface area contributed by atoms with E-state index in [2.05, 4.69) is 0 Å². The van der Waals surface area contributed by atoms with Crippen LogP contribution >= 0.6 is 0 Å². The van der Waals surface area contributed by atoms with Crippen LogP contribution in [0.3, 0.4) is 0 Å². The lowest BCUT2D eigenvalue weighted by atomic mass is 10.1. The van der Waals surface area contributed by atoms with Crippen molar-refractivity contribution >= 4 is 14.8 Å². The second kappa shape index (κ2) is 6.99. The van der Waals surface area contributed by atoms with Crippen molar-refractivity contribution in [2.75, 3.05) is 21.3 Å². The Balaban J connectivity index is 3.50. The van der Waals surface area contributed by atoms with E-state index < -0.39 is 20.0 Å². The van der Waals surface area contributed by atoms with Crippen molar-refractivity contribution in [3.63, 3.8) is 0 Å². The van der Waals surface area contributed by atoms with E-state index in [1.54, 1.807) is 0 Å². The number of ether oxygens (including phenoxy) is 1. The quantitative estimate of drug-likeness (QED) is 0.571. The number of benzene rings is 1. The van der Waals surface area contributed by atoms with Gasteiger partial charge in [-0.3, -0.25) is 4.79 Å². The van der Waals surface area contributed by atoms with Crippen molar-refractivity contribution < 1.29 is 22.8 Å². The summed E-state index contributed by atoms with van der Waals surface area (Å²) in [5.74, 6) is -0.404. The van der Waals surface area contributed by atoms with Gasteiger partial charge in [0.05, 0.1) is 0 Å². The molecule has 0 amide bonds. The fraction of sp³-hybridized carbons (Fsp3) is 0.500. The predicted octanol–water partition coefficient (Wildman–Crippen LogP) is 2.27. The fourth-order valence-electron chi connectivity index (χ4n) is 2.49. The van der Waals surface area contributed by atoms with Crippen LogP contribution in [0.1, 0.15) is 25.8 Å². The summed E-state index contributed by atoms with van der Waals surface area (Å²) in [5, 5.41) is -1.06. The first-order valence-corrected chi connectivity index (χ1v) is 8.15. The van der Waals surface area contributed by atoms with Crippen molar-refractivity contribution in [3.05, 3.63) is 35.9 Å². The molecule has 112 valence electrons. The molecule has 0 spiro atoms. The molecule has 0 heterocycles. The molecular formula is C14H22O5Si. The summed E-state index contributed by atoms with van der Waals surface area (Å²) in [6.45, 7) is 3.28. The lowest BCUT2D eigenvalue weighted by Crippen LogP contribution is -2.63. The lowest BCUT2D eigenvalue weighted by molar-refractivity contribution is -0.157. The minimum Gasteiger partial charge on any atom is -0.450 e. The number of carbonyl (C=O) groups excluding carboxylic acids is 1. The van der Waals surface area contributed by atoms with Crippen LogP contribution in [0.5, 0.6) is 0 Å². The monoisotopic (exact) mass is 298 g/mol. The summed E-state index contributed by atoms with van der Waals surface area (Å²) < 4.78 is 22.4. The van der Waals surface area contributed by atoms with Gasteiger partial charge in [-0.05, 0) is 12.0 Å². The largest absolute Gasteiger partial charge is 0.551 e. The van der Waals surface area contributed by atoms with Gasteiger partial charge < -0.3 is 18.0 Å². The second-order valence-corrected chi connectivity index (χ2v) is 7.45. The van der Waals surface area contributed by atoms with Crippen LogP contribution in [0.15, 0.2) is 30.3 Å². The van der Waals surface area contributed by atoms with Crippen LogP contribution in [0.4, 0.5) is 0 Å². The van der Waals surface area contributed by atoms with E-state index in [1.165, 1.54) is 28.3 Å². The van der Waals surface area contributed by atoms with Gasteiger partial charge in [0.25, 0.3) is 0 Å². The topological polar surface area (TPSA) is 54.0 Å². The third kappa shape index (κ3) is 2.78. The highest BCUT2D eigenvalue weighted by atomic mass is 28.4. The standard InChI is InChI=1S/C14H22O5Si/c1-6-14(19-12(2)15,13-10-8-7-9-11-13)20(16-3,17-4)18-5/h7-11H,6H2,1-5H3. The summed E-state index contributed by atoms with van der Waals surface area (Å²) in [6, 6.07) is 9.41. The molecule has 20 heavy (non-hydrogen) atoms.